The Morgan fingerprint density at radius 3 is 2.48 bits per heavy atom. The van der Waals surface area contributed by atoms with E-state index in [0.29, 0.717) is 42.3 Å². The molecule has 1 fully saturated rings. The molecule has 3 N–H and O–H groups in total. The van der Waals surface area contributed by atoms with Gasteiger partial charge in [0.15, 0.2) is 5.75 Å². The number of hydrogen-bond acceptors (Lipinski definition) is 5. The molecule has 2 aliphatic rings. The van der Waals surface area contributed by atoms with Crippen molar-refractivity contribution in [3.63, 3.8) is 0 Å². The van der Waals surface area contributed by atoms with Crippen LogP contribution in [-0.2, 0) is 11.3 Å². The van der Waals surface area contributed by atoms with E-state index in [9.17, 15) is 14.7 Å². The summed E-state index contributed by atoms with van der Waals surface area (Å²) in [6.45, 7) is 5.77. The lowest BCUT2D eigenvalue weighted by atomic mass is 9.92. The highest BCUT2D eigenvalue weighted by Crippen LogP contribution is 2.34. The maximum absolute atomic E-state index is 12.7. The predicted octanol–water partition coefficient (Wildman–Crippen LogP) is 3.18. The summed E-state index contributed by atoms with van der Waals surface area (Å²) >= 11 is 0. The van der Waals surface area contributed by atoms with Crippen LogP contribution in [0.3, 0.4) is 0 Å². The average Bonchev–Trinajstić information content (AvgIpc) is 3.29. The third-order valence-electron chi connectivity index (χ3n) is 5.28. The van der Waals surface area contributed by atoms with Crippen LogP contribution in [0, 0.1) is 0 Å². The minimum absolute atomic E-state index is 0.148. The Morgan fingerprint density at radius 2 is 1.76 bits per heavy atom. The number of aromatic hydroxyl groups is 1. The molecule has 1 aliphatic heterocycles. The third-order valence-corrected chi connectivity index (χ3v) is 5.28. The number of Topliss-reactive ketones (excluding diaryl/α,β-unsaturated/α-hetero) is 1. The van der Waals surface area contributed by atoms with Crippen molar-refractivity contribution in [2.75, 3.05) is 18.4 Å². The lowest BCUT2D eigenvalue weighted by Crippen LogP contribution is -2.34. The summed E-state index contributed by atoms with van der Waals surface area (Å²) < 4.78 is 0. The molecular weight excluding hydrogens is 366 g/mol. The molecule has 29 heavy (non-hydrogen) atoms. The van der Waals surface area contributed by atoms with E-state index in [-0.39, 0.29) is 23.0 Å². The van der Waals surface area contributed by atoms with Gasteiger partial charge in [-0.25, -0.2) is 0 Å². The molecule has 1 amide bonds. The SMILES string of the molecule is C=C1C(=O)C(Nc2cccc(C(=O)N3CCCC3)c2O)=C1NCc1ccccc1. The number of carbonyl (C=O) groups is 2. The number of hydrogen-bond donors (Lipinski definition) is 3. The molecule has 0 bridgehead atoms. The van der Waals surface area contributed by atoms with E-state index < -0.39 is 0 Å². The molecule has 0 saturated carbocycles. The van der Waals surface area contributed by atoms with Crippen LogP contribution < -0.4 is 10.6 Å². The number of allylic oxidation sites excluding steroid dienone is 2. The van der Waals surface area contributed by atoms with Crippen molar-refractivity contribution in [3.8, 4) is 5.75 Å². The highest BCUT2D eigenvalue weighted by Gasteiger charge is 2.33. The standard InChI is InChI=1S/C23H23N3O3/c1-15-19(24-14-16-8-3-2-4-9-16)20(21(15)27)25-18-11-7-10-17(22(18)28)23(29)26-12-5-6-13-26/h2-4,7-11,24-25,28H,1,5-6,12-14H2. The van der Waals surface area contributed by atoms with Gasteiger partial charge >= 0.3 is 0 Å². The number of benzene rings is 2. The van der Waals surface area contributed by atoms with Gasteiger partial charge in [0.05, 0.1) is 16.9 Å². The molecule has 1 saturated heterocycles. The first-order valence-electron chi connectivity index (χ1n) is 9.70. The van der Waals surface area contributed by atoms with E-state index in [2.05, 4.69) is 17.2 Å². The summed E-state index contributed by atoms with van der Waals surface area (Å²) in [4.78, 5) is 26.7. The number of rotatable bonds is 6. The molecule has 0 spiro atoms. The Hall–Kier alpha value is -3.54. The molecule has 6 heteroatoms. The highest BCUT2D eigenvalue weighted by molar-refractivity contribution is 6.21. The molecule has 1 heterocycles. The number of phenols is 1. The zero-order valence-corrected chi connectivity index (χ0v) is 16.1. The molecule has 4 rings (SSSR count). The first kappa shape index (κ1) is 18.8. The summed E-state index contributed by atoms with van der Waals surface area (Å²) in [7, 11) is 0. The van der Waals surface area contributed by atoms with Crippen LogP contribution in [0.2, 0.25) is 0 Å². The molecule has 2 aromatic carbocycles. The fourth-order valence-corrected chi connectivity index (χ4v) is 3.61. The van der Waals surface area contributed by atoms with Crippen molar-refractivity contribution in [3.05, 3.63) is 83.2 Å². The lowest BCUT2D eigenvalue weighted by molar-refractivity contribution is -0.113. The van der Waals surface area contributed by atoms with Gasteiger partial charge in [-0.1, -0.05) is 43.0 Å². The van der Waals surface area contributed by atoms with Crippen LogP contribution in [0.1, 0.15) is 28.8 Å². The van der Waals surface area contributed by atoms with Crippen molar-refractivity contribution in [2.24, 2.45) is 0 Å². The molecule has 2 aromatic rings. The van der Waals surface area contributed by atoms with E-state index >= 15 is 0 Å². The molecule has 6 nitrogen and oxygen atoms in total. The lowest BCUT2D eigenvalue weighted by Gasteiger charge is -2.27. The summed E-state index contributed by atoms with van der Waals surface area (Å²) in [6.07, 6.45) is 1.95. The number of phenolic OH excluding ortho intramolecular Hbond substituents is 1. The molecule has 0 aromatic heterocycles. The Kier molecular flexibility index (Phi) is 5.08. The van der Waals surface area contributed by atoms with Crippen LogP contribution >= 0.6 is 0 Å². The highest BCUT2D eigenvalue weighted by atomic mass is 16.3. The van der Waals surface area contributed by atoms with Crippen molar-refractivity contribution >= 4 is 17.4 Å². The number of carbonyl (C=O) groups excluding carboxylic acids is 2. The van der Waals surface area contributed by atoms with Gasteiger partial charge in [0, 0.05) is 25.2 Å². The number of amides is 1. The molecule has 0 atom stereocenters. The van der Waals surface area contributed by atoms with Crippen LogP contribution in [0.25, 0.3) is 0 Å². The summed E-state index contributed by atoms with van der Waals surface area (Å²) in [6, 6.07) is 14.8. The van der Waals surface area contributed by atoms with Crippen LogP contribution in [-0.4, -0.2) is 34.8 Å². The van der Waals surface area contributed by atoms with E-state index in [1.165, 1.54) is 0 Å². The molecular formula is C23H23N3O3. The third kappa shape index (κ3) is 3.61. The summed E-state index contributed by atoms with van der Waals surface area (Å²) in [5.74, 6) is -0.551. The largest absolute Gasteiger partial charge is 0.505 e. The Balaban J connectivity index is 1.54. The maximum Gasteiger partial charge on any atom is 0.257 e. The van der Waals surface area contributed by atoms with E-state index in [1.807, 2.05) is 30.3 Å². The topological polar surface area (TPSA) is 81.7 Å². The molecule has 0 radical (unpaired) electrons. The molecule has 1 aliphatic carbocycles. The number of para-hydroxylation sites is 1. The monoisotopic (exact) mass is 389 g/mol. The quantitative estimate of drug-likeness (QED) is 0.522. The van der Waals surface area contributed by atoms with Crippen LogP contribution in [0.15, 0.2) is 72.1 Å². The summed E-state index contributed by atoms with van der Waals surface area (Å²) in [5.41, 5.74) is 2.99. The zero-order valence-electron chi connectivity index (χ0n) is 16.1. The zero-order chi connectivity index (χ0) is 20.4. The van der Waals surface area contributed by atoms with Crippen molar-refractivity contribution in [2.45, 2.75) is 19.4 Å². The second kappa shape index (κ2) is 7.83. The van der Waals surface area contributed by atoms with E-state index in [4.69, 9.17) is 0 Å². The van der Waals surface area contributed by atoms with Gasteiger partial charge < -0.3 is 20.6 Å². The van der Waals surface area contributed by atoms with E-state index in [1.54, 1.807) is 23.1 Å². The molecule has 148 valence electrons. The first-order valence-corrected chi connectivity index (χ1v) is 9.70. The summed E-state index contributed by atoms with van der Waals surface area (Å²) in [5, 5.41) is 16.9. The maximum atomic E-state index is 12.7. The van der Waals surface area contributed by atoms with Crippen LogP contribution in [0.5, 0.6) is 5.75 Å². The van der Waals surface area contributed by atoms with Gasteiger partial charge in [-0.2, -0.15) is 0 Å². The van der Waals surface area contributed by atoms with Crippen molar-refractivity contribution in [1.29, 1.82) is 0 Å². The van der Waals surface area contributed by atoms with Gasteiger partial charge in [-0.05, 0) is 30.5 Å². The number of nitrogens with one attached hydrogen (secondary N) is 2. The van der Waals surface area contributed by atoms with Crippen molar-refractivity contribution < 1.29 is 14.7 Å². The van der Waals surface area contributed by atoms with E-state index in [0.717, 1.165) is 18.4 Å². The Labute approximate surface area is 169 Å². The van der Waals surface area contributed by atoms with Gasteiger partial charge in [0.25, 0.3) is 5.91 Å². The second-order valence-corrected chi connectivity index (χ2v) is 7.22. The normalized spacial score (nSPS) is 16.1. The number of nitrogens with zero attached hydrogens (tertiary/aromatic N) is 1. The van der Waals surface area contributed by atoms with Gasteiger partial charge in [-0.3, -0.25) is 9.59 Å². The van der Waals surface area contributed by atoms with Crippen molar-refractivity contribution in [1.82, 2.24) is 10.2 Å². The number of ketones is 1. The average molecular weight is 389 g/mol. The minimum atomic E-state index is -0.212. The minimum Gasteiger partial charge on any atom is -0.505 e. The first-order chi connectivity index (χ1) is 14.1. The fraction of sp³-hybridized carbons (Fsp3) is 0.217. The van der Waals surface area contributed by atoms with Gasteiger partial charge in [0.2, 0.25) is 5.78 Å². The smallest absolute Gasteiger partial charge is 0.257 e. The van der Waals surface area contributed by atoms with Crippen LogP contribution in [0.4, 0.5) is 5.69 Å². The van der Waals surface area contributed by atoms with Gasteiger partial charge in [0.1, 0.15) is 5.70 Å². The predicted molar refractivity (Wildman–Crippen MR) is 111 cm³/mol. The second-order valence-electron chi connectivity index (χ2n) is 7.22. The Bertz CT molecular complexity index is 1010. The molecule has 0 unspecified atom stereocenters. The Morgan fingerprint density at radius 1 is 1.03 bits per heavy atom. The fourth-order valence-electron chi connectivity index (χ4n) is 3.61. The number of likely N-dealkylation sites (tertiary alicyclic amines) is 1. The van der Waals surface area contributed by atoms with Gasteiger partial charge in [-0.15, -0.1) is 0 Å². The number of anilines is 1.